The SMILES string of the molecule is Clc1cccc(N(Cc2ccc(Cl)c(Cl)c2)C2CNC2)c1. The van der Waals surface area contributed by atoms with E-state index in [0.717, 1.165) is 35.9 Å². The molecule has 1 heterocycles. The van der Waals surface area contributed by atoms with Gasteiger partial charge in [-0.3, -0.25) is 0 Å². The van der Waals surface area contributed by atoms with Crippen molar-refractivity contribution < 1.29 is 0 Å². The molecule has 0 bridgehead atoms. The van der Waals surface area contributed by atoms with Crippen LogP contribution in [0.2, 0.25) is 15.1 Å². The number of halogens is 3. The Bertz CT molecular complexity index is 641. The first kappa shape index (κ1) is 15.0. The molecule has 2 aromatic rings. The van der Waals surface area contributed by atoms with Crippen molar-refractivity contribution in [1.29, 1.82) is 0 Å². The van der Waals surface area contributed by atoms with Crippen LogP contribution in [0.5, 0.6) is 0 Å². The van der Waals surface area contributed by atoms with Crippen LogP contribution in [-0.4, -0.2) is 19.1 Å². The molecule has 1 aliphatic rings. The summed E-state index contributed by atoms with van der Waals surface area (Å²) < 4.78 is 0. The summed E-state index contributed by atoms with van der Waals surface area (Å²) in [6, 6.07) is 14.2. The molecule has 1 N–H and O–H groups in total. The first-order valence-electron chi connectivity index (χ1n) is 6.80. The monoisotopic (exact) mass is 340 g/mol. The largest absolute Gasteiger partial charge is 0.362 e. The molecule has 3 rings (SSSR count). The van der Waals surface area contributed by atoms with Crippen LogP contribution in [0.4, 0.5) is 5.69 Å². The van der Waals surface area contributed by atoms with E-state index in [9.17, 15) is 0 Å². The number of nitrogens with zero attached hydrogens (tertiary/aromatic N) is 1. The van der Waals surface area contributed by atoms with Gasteiger partial charge in [-0.2, -0.15) is 0 Å². The van der Waals surface area contributed by atoms with Crippen LogP contribution in [0.15, 0.2) is 42.5 Å². The molecule has 110 valence electrons. The van der Waals surface area contributed by atoms with Gasteiger partial charge < -0.3 is 10.2 Å². The average Bonchev–Trinajstić information content (AvgIpc) is 2.40. The summed E-state index contributed by atoms with van der Waals surface area (Å²) in [5.41, 5.74) is 2.26. The van der Waals surface area contributed by atoms with E-state index in [4.69, 9.17) is 34.8 Å². The third-order valence-electron chi connectivity index (χ3n) is 3.68. The predicted octanol–water partition coefficient (Wildman–Crippen LogP) is 4.63. The molecule has 21 heavy (non-hydrogen) atoms. The molecule has 1 fully saturated rings. The molecule has 0 atom stereocenters. The van der Waals surface area contributed by atoms with Crippen LogP contribution in [0, 0.1) is 0 Å². The third-order valence-corrected chi connectivity index (χ3v) is 4.65. The van der Waals surface area contributed by atoms with Crippen molar-refractivity contribution in [1.82, 2.24) is 5.32 Å². The van der Waals surface area contributed by atoms with Crippen molar-refractivity contribution in [3.63, 3.8) is 0 Å². The number of rotatable bonds is 4. The van der Waals surface area contributed by atoms with E-state index in [1.54, 1.807) is 0 Å². The zero-order valence-corrected chi connectivity index (χ0v) is 13.6. The van der Waals surface area contributed by atoms with Crippen molar-refractivity contribution in [2.75, 3.05) is 18.0 Å². The van der Waals surface area contributed by atoms with E-state index in [1.165, 1.54) is 0 Å². The fourth-order valence-electron chi connectivity index (χ4n) is 2.41. The van der Waals surface area contributed by atoms with Crippen LogP contribution >= 0.6 is 34.8 Å². The first-order valence-corrected chi connectivity index (χ1v) is 7.94. The normalized spacial score (nSPS) is 14.8. The van der Waals surface area contributed by atoms with Gasteiger partial charge in [-0.05, 0) is 35.9 Å². The van der Waals surface area contributed by atoms with Crippen molar-refractivity contribution in [2.45, 2.75) is 12.6 Å². The molecule has 0 amide bonds. The van der Waals surface area contributed by atoms with E-state index in [0.29, 0.717) is 16.1 Å². The molecule has 0 radical (unpaired) electrons. The Morgan fingerprint density at radius 2 is 1.81 bits per heavy atom. The van der Waals surface area contributed by atoms with Crippen LogP contribution in [0.1, 0.15) is 5.56 Å². The third kappa shape index (κ3) is 3.46. The molecule has 2 nitrogen and oxygen atoms in total. The minimum absolute atomic E-state index is 0.470. The summed E-state index contributed by atoms with van der Waals surface area (Å²) >= 11 is 18.2. The Morgan fingerprint density at radius 1 is 1.00 bits per heavy atom. The summed E-state index contributed by atoms with van der Waals surface area (Å²) in [7, 11) is 0. The molecular formula is C16H15Cl3N2. The highest BCUT2D eigenvalue weighted by Crippen LogP contribution is 2.27. The zero-order chi connectivity index (χ0) is 14.8. The number of nitrogens with one attached hydrogen (secondary N) is 1. The van der Waals surface area contributed by atoms with Crippen LogP contribution < -0.4 is 10.2 Å². The summed E-state index contributed by atoms with van der Waals surface area (Å²) in [5, 5.41) is 5.23. The quantitative estimate of drug-likeness (QED) is 0.872. The lowest BCUT2D eigenvalue weighted by molar-refractivity contribution is 0.411. The highest BCUT2D eigenvalue weighted by molar-refractivity contribution is 6.42. The van der Waals surface area contributed by atoms with Gasteiger partial charge in [-0.1, -0.05) is 46.9 Å². The molecule has 0 aromatic heterocycles. The predicted molar refractivity (Wildman–Crippen MR) is 90.8 cm³/mol. The minimum atomic E-state index is 0.470. The van der Waals surface area contributed by atoms with E-state index in [2.05, 4.69) is 16.3 Å². The maximum atomic E-state index is 6.12. The van der Waals surface area contributed by atoms with Crippen molar-refractivity contribution in [3.05, 3.63) is 63.1 Å². The van der Waals surface area contributed by atoms with Gasteiger partial charge in [0.05, 0.1) is 16.1 Å². The van der Waals surface area contributed by atoms with E-state index < -0.39 is 0 Å². The highest BCUT2D eigenvalue weighted by Gasteiger charge is 2.25. The molecule has 0 spiro atoms. The number of anilines is 1. The van der Waals surface area contributed by atoms with E-state index in [1.807, 2.05) is 36.4 Å². The Kier molecular flexibility index (Phi) is 4.60. The van der Waals surface area contributed by atoms with Gasteiger partial charge >= 0.3 is 0 Å². The molecule has 0 unspecified atom stereocenters. The average molecular weight is 342 g/mol. The lowest BCUT2D eigenvalue weighted by Gasteiger charge is -2.40. The summed E-state index contributed by atoms with van der Waals surface area (Å²) in [5.74, 6) is 0. The van der Waals surface area contributed by atoms with Crippen molar-refractivity contribution in [2.24, 2.45) is 0 Å². The van der Waals surface area contributed by atoms with Gasteiger partial charge in [0.15, 0.2) is 0 Å². The number of hydrogen-bond acceptors (Lipinski definition) is 2. The van der Waals surface area contributed by atoms with Crippen molar-refractivity contribution >= 4 is 40.5 Å². The van der Waals surface area contributed by atoms with Gasteiger partial charge in [0.25, 0.3) is 0 Å². The molecule has 0 saturated carbocycles. The number of hydrogen-bond donors (Lipinski definition) is 1. The standard InChI is InChI=1S/C16H15Cl3N2/c17-12-2-1-3-13(7-12)21(14-8-20-9-14)10-11-4-5-15(18)16(19)6-11/h1-7,14,20H,8-10H2. The fourth-order valence-corrected chi connectivity index (χ4v) is 2.92. The maximum absolute atomic E-state index is 6.12. The zero-order valence-electron chi connectivity index (χ0n) is 11.3. The van der Waals surface area contributed by atoms with Gasteiger partial charge in [0.1, 0.15) is 0 Å². The van der Waals surface area contributed by atoms with Gasteiger partial charge in [0.2, 0.25) is 0 Å². The molecule has 0 aliphatic carbocycles. The lowest BCUT2D eigenvalue weighted by atomic mass is 10.1. The highest BCUT2D eigenvalue weighted by atomic mass is 35.5. The fraction of sp³-hybridized carbons (Fsp3) is 0.250. The van der Waals surface area contributed by atoms with Crippen LogP contribution in [-0.2, 0) is 6.54 Å². The summed E-state index contributed by atoms with van der Waals surface area (Å²) in [6.45, 7) is 2.74. The van der Waals surface area contributed by atoms with E-state index in [-0.39, 0.29) is 0 Å². The minimum Gasteiger partial charge on any atom is -0.362 e. The smallest absolute Gasteiger partial charge is 0.0595 e. The van der Waals surface area contributed by atoms with Crippen LogP contribution in [0.25, 0.3) is 0 Å². The Hall–Kier alpha value is -0.930. The Labute approximate surface area is 139 Å². The molecular weight excluding hydrogens is 327 g/mol. The van der Waals surface area contributed by atoms with Crippen molar-refractivity contribution in [3.8, 4) is 0 Å². The lowest BCUT2D eigenvalue weighted by Crippen LogP contribution is -2.57. The van der Waals surface area contributed by atoms with Crippen LogP contribution in [0.3, 0.4) is 0 Å². The van der Waals surface area contributed by atoms with E-state index >= 15 is 0 Å². The topological polar surface area (TPSA) is 15.3 Å². The van der Waals surface area contributed by atoms with Gasteiger partial charge in [-0.25, -0.2) is 0 Å². The Morgan fingerprint density at radius 3 is 2.43 bits per heavy atom. The van der Waals surface area contributed by atoms with Gasteiger partial charge in [-0.15, -0.1) is 0 Å². The molecule has 1 saturated heterocycles. The second-order valence-electron chi connectivity index (χ2n) is 5.17. The molecule has 2 aromatic carbocycles. The second kappa shape index (κ2) is 6.45. The first-order chi connectivity index (χ1) is 10.1. The molecule has 5 heteroatoms. The second-order valence-corrected chi connectivity index (χ2v) is 6.42. The summed E-state index contributed by atoms with van der Waals surface area (Å²) in [4.78, 5) is 2.35. The summed E-state index contributed by atoms with van der Waals surface area (Å²) in [6.07, 6.45) is 0. The Balaban J connectivity index is 1.87. The molecule has 1 aliphatic heterocycles. The van der Waals surface area contributed by atoms with Gasteiger partial charge in [0, 0.05) is 30.3 Å². The number of benzene rings is 2. The maximum Gasteiger partial charge on any atom is 0.0595 e.